The van der Waals surface area contributed by atoms with Gasteiger partial charge in [0.15, 0.2) is 0 Å². The first-order chi connectivity index (χ1) is 12.3. The number of aryl methyl sites for hydroxylation is 1. The minimum atomic E-state index is 0.0542. The van der Waals surface area contributed by atoms with E-state index in [0.717, 1.165) is 31.6 Å². The number of fused-ring (bicyclic) bond motifs is 1. The second-order valence-corrected chi connectivity index (χ2v) is 7.07. The number of benzene rings is 1. The van der Waals surface area contributed by atoms with Gasteiger partial charge in [-0.2, -0.15) is 5.10 Å². The van der Waals surface area contributed by atoms with Gasteiger partial charge in [0.25, 0.3) is 0 Å². The van der Waals surface area contributed by atoms with Crippen molar-refractivity contribution < 1.29 is 9.53 Å². The topological polar surface area (TPSA) is 67.0 Å². The highest BCUT2D eigenvalue weighted by atomic mass is 16.5. The molecule has 0 spiro atoms. The quantitative estimate of drug-likeness (QED) is 0.880. The van der Waals surface area contributed by atoms with Gasteiger partial charge in [-0.15, -0.1) is 0 Å². The molecule has 0 unspecified atom stereocenters. The fourth-order valence-corrected chi connectivity index (χ4v) is 4.01. The Kier molecular flexibility index (Phi) is 4.83. The second kappa shape index (κ2) is 7.40. The van der Waals surface area contributed by atoms with E-state index in [2.05, 4.69) is 27.6 Å². The SMILES string of the molecule is O=C(Cc1n[nH]c2c1CCCC2)NC[C@@H]1CCO[C@H]1c1ccccc1. The van der Waals surface area contributed by atoms with Crippen LogP contribution in [-0.2, 0) is 28.8 Å². The summed E-state index contributed by atoms with van der Waals surface area (Å²) >= 11 is 0. The number of aromatic amines is 1. The zero-order valence-corrected chi connectivity index (χ0v) is 14.5. The Morgan fingerprint density at radius 2 is 2.08 bits per heavy atom. The van der Waals surface area contributed by atoms with Crippen molar-refractivity contribution in [2.75, 3.05) is 13.2 Å². The van der Waals surface area contributed by atoms with Crippen LogP contribution in [0, 0.1) is 5.92 Å². The number of carbonyl (C=O) groups is 1. The molecule has 2 atom stereocenters. The number of hydrogen-bond donors (Lipinski definition) is 2. The molecule has 2 aliphatic rings. The molecule has 1 aromatic heterocycles. The number of amides is 1. The van der Waals surface area contributed by atoms with Gasteiger partial charge in [0.2, 0.25) is 5.91 Å². The molecule has 2 N–H and O–H groups in total. The summed E-state index contributed by atoms with van der Waals surface area (Å²) in [4.78, 5) is 12.4. The van der Waals surface area contributed by atoms with Gasteiger partial charge in [0, 0.05) is 24.8 Å². The molecule has 1 saturated heterocycles. The predicted molar refractivity (Wildman–Crippen MR) is 95.2 cm³/mol. The molecule has 0 saturated carbocycles. The smallest absolute Gasteiger partial charge is 0.226 e. The van der Waals surface area contributed by atoms with Crippen molar-refractivity contribution in [1.82, 2.24) is 15.5 Å². The lowest BCUT2D eigenvalue weighted by Gasteiger charge is -2.19. The third-order valence-corrected chi connectivity index (χ3v) is 5.37. The molecule has 1 aliphatic heterocycles. The van der Waals surface area contributed by atoms with Crippen molar-refractivity contribution in [2.45, 2.75) is 44.6 Å². The molecule has 4 rings (SSSR count). The highest BCUT2D eigenvalue weighted by Gasteiger charge is 2.30. The summed E-state index contributed by atoms with van der Waals surface area (Å²) in [5.41, 5.74) is 4.62. The average Bonchev–Trinajstić information content (AvgIpc) is 3.28. The first-order valence-electron chi connectivity index (χ1n) is 9.29. The van der Waals surface area contributed by atoms with Crippen LogP contribution < -0.4 is 5.32 Å². The van der Waals surface area contributed by atoms with Crippen molar-refractivity contribution in [2.24, 2.45) is 5.92 Å². The molecule has 1 fully saturated rings. The van der Waals surface area contributed by atoms with Gasteiger partial charge in [0.05, 0.1) is 18.2 Å². The van der Waals surface area contributed by atoms with Crippen LogP contribution in [0.1, 0.15) is 47.9 Å². The van der Waals surface area contributed by atoms with Crippen molar-refractivity contribution in [3.8, 4) is 0 Å². The lowest BCUT2D eigenvalue weighted by molar-refractivity contribution is -0.120. The lowest BCUT2D eigenvalue weighted by Crippen LogP contribution is -2.32. The van der Waals surface area contributed by atoms with E-state index in [0.29, 0.717) is 18.9 Å². The van der Waals surface area contributed by atoms with Crippen LogP contribution in [0.25, 0.3) is 0 Å². The fourth-order valence-electron chi connectivity index (χ4n) is 4.01. The molecule has 2 aromatic rings. The van der Waals surface area contributed by atoms with Gasteiger partial charge >= 0.3 is 0 Å². The van der Waals surface area contributed by atoms with Crippen molar-refractivity contribution in [3.05, 3.63) is 52.8 Å². The third-order valence-electron chi connectivity index (χ3n) is 5.37. The van der Waals surface area contributed by atoms with Gasteiger partial charge in [0.1, 0.15) is 0 Å². The van der Waals surface area contributed by atoms with E-state index in [1.54, 1.807) is 0 Å². The summed E-state index contributed by atoms with van der Waals surface area (Å²) in [5, 5.41) is 10.6. The molecule has 132 valence electrons. The summed E-state index contributed by atoms with van der Waals surface area (Å²) in [7, 11) is 0. The van der Waals surface area contributed by atoms with Crippen LogP contribution in [-0.4, -0.2) is 29.3 Å². The number of nitrogens with zero attached hydrogens (tertiary/aromatic N) is 1. The van der Waals surface area contributed by atoms with E-state index in [1.807, 2.05) is 18.2 Å². The first-order valence-corrected chi connectivity index (χ1v) is 9.29. The Hall–Kier alpha value is -2.14. The number of aromatic nitrogens is 2. The standard InChI is InChI=1S/C20H25N3O2/c24-19(12-18-16-8-4-5-9-17(16)22-23-18)21-13-15-10-11-25-20(15)14-6-2-1-3-7-14/h1-3,6-7,15,20H,4-5,8-13H2,(H,21,24)(H,22,23)/t15-,20-/m0/s1. The van der Waals surface area contributed by atoms with Crippen LogP contribution >= 0.6 is 0 Å². The Morgan fingerprint density at radius 3 is 2.96 bits per heavy atom. The maximum atomic E-state index is 12.4. The van der Waals surface area contributed by atoms with Crippen LogP contribution in [0.15, 0.2) is 30.3 Å². The predicted octanol–water partition coefficient (Wildman–Crippen LogP) is 2.73. The Balaban J connectivity index is 1.33. The Morgan fingerprint density at radius 1 is 1.24 bits per heavy atom. The minimum absolute atomic E-state index is 0.0542. The molecular formula is C20H25N3O2. The summed E-state index contributed by atoms with van der Waals surface area (Å²) in [6.45, 7) is 1.41. The van der Waals surface area contributed by atoms with Crippen LogP contribution in [0.5, 0.6) is 0 Å². The summed E-state index contributed by atoms with van der Waals surface area (Å²) in [5.74, 6) is 0.387. The molecule has 0 radical (unpaired) electrons. The Bertz CT molecular complexity index is 726. The molecule has 2 heterocycles. The summed E-state index contributed by atoms with van der Waals surface area (Å²) < 4.78 is 5.90. The molecule has 1 aliphatic carbocycles. The third kappa shape index (κ3) is 3.61. The van der Waals surface area contributed by atoms with Crippen molar-refractivity contribution in [1.29, 1.82) is 0 Å². The highest BCUT2D eigenvalue weighted by molar-refractivity contribution is 5.78. The van der Waals surface area contributed by atoms with E-state index in [-0.39, 0.29) is 12.0 Å². The molecule has 1 aromatic carbocycles. The number of H-pyrrole nitrogens is 1. The van der Waals surface area contributed by atoms with Gasteiger partial charge in [-0.25, -0.2) is 0 Å². The summed E-state index contributed by atoms with van der Waals surface area (Å²) in [6.07, 6.45) is 5.94. The van der Waals surface area contributed by atoms with E-state index < -0.39 is 0 Å². The second-order valence-electron chi connectivity index (χ2n) is 7.07. The molecular weight excluding hydrogens is 314 g/mol. The normalized spacial score (nSPS) is 22.6. The molecule has 5 heteroatoms. The van der Waals surface area contributed by atoms with E-state index >= 15 is 0 Å². The van der Waals surface area contributed by atoms with Gasteiger partial charge in [-0.3, -0.25) is 9.89 Å². The first kappa shape index (κ1) is 16.3. The molecule has 25 heavy (non-hydrogen) atoms. The van der Waals surface area contributed by atoms with Crippen LogP contribution in [0.4, 0.5) is 0 Å². The van der Waals surface area contributed by atoms with Gasteiger partial charge in [-0.1, -0.05) is 30.3 Å². The van der Waals surface area contributed by atoms with Crippen molar-refractivity contribution >= 4 is 5.91 Å². The van der Waals surface area contributed by atoms with Crippen molar-refractivity contribution in [3.63, 3.8) is 0 Å². The fraction of sp³-hybridized carbons (Fsp3) is 0.500. The summed E-state index contributed by atoms with van der Waals surface area (Å²) in [6, 6.07) is 10.3. The van der Waals surface area contributed by atoms with E-state index in [9.17, 15) is 4.79 Å². The Labute approximate surface area is 148 Å². The zero-order chi connectivity index (χ0) is 17.1. The molecule has 5 nitrogen and oxygen atoms in total. The molecule has 1 amide bonds. The monoisotopic (exact) mass is 339 g/mol. The number of nitrogens with one attached hydrogen (secondary N) is 2. The lowest BCUT2D eigenvalue weighted by atomic mass is 9.94. The van der Waals surface area contributed by atoms with E-state index in [1.165, 1.54) is 29.7 Å². The van der Waals surface area contributed by atoms with E-state index in [4.69, 9.17) is 4.74 Å². The largest absolute Gasteiger partial charge is 0.373 e. The van der Waals surface area contributed by atoms with Gasteiger partial charge < -0.3 is 10.1 Å². The maximum absolute atomic E-state index is 12.4. The number of hydrogen-bond acceptors (Lipinski definition) is 3. The van der Waals surface area contributed by atoms with Gasteiger partial charge in [-0.05, 0) is 43.2 Å². The highest BCUT2D eigenvalue weighted by Crippen LogP contribution is 2.33. The minimum Gasteiger partial charge on any atom is -0.373 e. The van der Waals surface area contributed by atoms with Crippen LogP contribution in [0.2, 0.25) is 0 Å². The molecule has 0 bridgehead atoms. The number of carbonyl (C=O) groups excluding carboxylic acids is 1. The zero-order valence-electron chi connectivity index (χ0n) is 14.5. The number of ether oxygens (including phenoxy) is 1. The van der Waals surface area contributed by atoms with Crippen LogP contribution in [0.3, 0.4) is 0 Å². The average molecular weight is 339 g/mol. The number of rotatable bonds is 5. The maximum Gasteiger partial charge on any atom is 0.226 e.